The number of halogens is 1. The summed E-state index contributed by atoms with van der Waals surface area (Å²) in [6.07, 6.45) is 2.48. The minimum Gasteiger partial charge on any atom is -0.423 e. The van der Waals surface area contributed by atoms with Crippen molar-refractivity contribution in [3.8, 4) is 0 Å². The molecule has 0 bridgehead atoms. The quantitative estimate of drug-likeness (QED) is 0.752. The number of rotatable bonds is 4. The van der Waals surface area contributed by atoms with Crippen LogP contribution >= 0.6 is 0 Å². The summed E-state index contributed by atoms with van der Waals surface area (Å²) < 4.78 is 18.7. The summed E-state index contributed by atoms with van der Waals surface area (Å²) in [6, 6.07) is 1.14. The SMILES string of the molecule is CC(C)(O)C(C)(C)OB(O)c1cnccc1F. The summed E-state index contributed by atoms with van der Waals surface area (Å²) in [5.74, 6) is -0.598. The van der Waals surface area contributed by atoms with Gasteiger partial charge in [0.25, 0.3) is 0 Å². The van der Waals surface area contributed by atoms with Gasteiger partial charge >= 0.3 is 7.12 Å². The predicted molar refractivity (Wildman–Crippen MR) is 63.3 cm³/mol. The van der Waals surface area contributed by atoms with E-state index in [0.717, 1.165) is 6.07 Å². The third kappa shape index (κ3) is 3.25. The molecule has 0 saturated heterocycles. The van der Waals surface area contributed by atoms with Crippen LogP contribution in [0.4, 0.5) is 4.39 Å². The van der Waals surface area contributed by atoms with Gasteiger partial charge < -0.3 is 14.8 Å². The molecule has 0 radical (unpaired) electrons. The maximum atomic E-state index is 13.4. The zero-order chi connectivity index (χ0) is 13.3. The zero-order valence-corrected chi connectivity index (χ0v) is 10.4. The van der Waals surface area contributed by atoms with Crippen LogP contribution in [0.2, 0.25) is 0 Å². The number of aromatic nitrogens is 1. The van der Waals surface area contributed by atoms with Crippen molar-refractivity contribution in [1.29, 1.82) is 0 Å². The van der Waals surface area contributed by atoms with Gasteiger partial charge in [-0.3, -0.25) is 4.98 Å². The van der Waals surface area contributed by atoms with E-state index in [0.29, 0.717) is 0 Å². The fraction of sp³-hybridized carbons (Fsp3) is 0.545. The molecule has 0 aliphatic carbocycles. The Balaban J connectivity index is 2.87. The molecule has 17 heavy (non-hydrogen) atoms. The molecule has 0 aromatic carbocycles. The van der Waals surface area contributed by atoms with Crippen molar-refractivity contribution in [2.24, 2.45) is 0 Å². The molecule has 2 N–H and O–H groups in total. The second kappa shape index (κ2) is 4.72. The lowest BCUT2D eigenvalue weighted by atomic mass is 9.77. The van der Waals surface area contributed by atoms with Gasteiger partial charge in [0.05, 0.1) is 11.2 Å². The lowest BCUT2D eigenvalue weighted by Crippen LogP contribution is -2.53. The Morgan fingerprint density at radius 1 is 1.35 bits per heavy atom. The molecule has 1 heterocycles. The highest BCUT2D eigenvalue weighted by molar-refractivity contribution is 6.60. The molecule has 0 unspecified atom stereocenters. The molecule has 0 spiro atoms. The van der Waals surface area contributed by atoms with Gasteiger partial charge in [0.1, 0.15) is 5.82 Å². The van der Waals surface area contributed by atoms with E-state index in [2.05, 4.69) is 4.98 Å². The maximum absolute atomic E-state index is 13.4. The molecule has 94 valence electrons. The normalized spacial score (nSPS) is 12.6. The Kier molecular flexibility index (Phi) is 3.91. The molecular weight excluding hydrogens is 224 g/mol. The highest BCUT2D eigenvalue weighted by Crippen LogP contribution is 2.25. The molecule has 1 aromatic heterocycles. The van der Waals surface area contributed by atoms with Crippen LogP contribution in [0.25, 0.3) is 0 Å². The minimum absolute atomic E-state index is 0.0511. The van der Waals surface area contributed by atoms with Crippen LogP contribution in [0.5, 0.6) is 0 Å². The minimum atomic E-state index is -1.47. The largest absolute Gasteiger partial charge is 0.496 e. The van der Waals surface area contributed by atoms with E-state index in [1.165, 1.54) is 12.4 Å². The fourth-order valence-electron chi connectivity index (χ4n) is 1.06. The number of hydrogen-bond donors (Lipinski definition) is 2. The van der Waals surface area contributed by atoms with Gasteiger partial charge in [-0.25, -0.2) is 4.39 Å². The number of nitrogens with zero attached hydrogens (tertiary/aromatic N) is 1. The molecular formula is C11H17BFNO3. The first-order valence-electron chi connectivity index (χ1n) is 5.33. The second-order valence-electron chi connectivity index (χ2n) is 4.94. The zero-order valence-electron chi connectivity index (χ0n) is 10.4. The fourth-order valence-corrected chi connectivity index (χ4v) is 1.06. The van der Waals surface area contributed by atoms with Gasteiger partial charge in [-0.1, -0.05) is 0 Å². The molecule has 0 amide bonds. The molecule has 4 nitrogen and oxygen atoms in total. The van der Waals surface area contributed by atoms with E-state index in [4.69, 9.17) is 4.65 Å². The Morgan fingerprint density at radius 2 is 1.94 bits per heavy atom. The van der Waals surface area contributed by atoms with E-state index < -0.39 is 24.1 Å². The van der Waals surface area contributed by atoms with Crippen molar-refractivity contribution in [2.45, 2.75) is 38.9 Å². The lowest BCUT2D eigenvalue weighted by molar-refractivity contribution is -0.0983. The molecule has 0 saturated carbocycles. The summed E-state index contributed by atoms with van der Waals surface area (Å²) in [6.45, 7) is 6.34. The van der Waals surface area contributed by atoms with Crippen molar-refractivity contribution in [2.75, 3.05) is 0 Å². The van der Waals surface area contributed by atoms with Crippen LogP contribution in [-0.4, -0.2) is 33.4 Å². The van der Waals surface area contributed by atoms with E-state index >= 15 is 0 Å². The first kappa shape index (κ1) is 14.1. The monoisotopic (exact) mass is 241 g/mol. The summed E-state index contributed by atoms with van der Waals surface area (Å²) in [7, 11) is -1.47. The van der Waals surface area contributed by atoms with Gasteiger partial charge in [0.15, 0.2) is 0 Å². The van der Waals surface area contributed by atoms with Crippen molar-refractivity contribution in [3.05, 3.63) is 24.3 Å². The van der Waals surface area contributed by atoms with Crippen LogP contribution in [0.3, 0.4) is 0 Å². The van der Waals surface area contributed by atoms with Gasteiger partial charge in [0.2, 0.25) is 0 Å². The topological polar surface area (TPSA) is 62.6 Å². The highest BCUT2D eigenvalue weighted by Gasteiger charge is 2.40. The molecule has 6 heteroatoms. The smallest absolute Gasteiger partial charge is 0.423 e. The standard InChI is InChI=1S/C11H17BFNO3/c1-10(2,15)11(3,4)17-12(16)8-7-14-6-5-9(8)13/h5-7,15-16H,1-4H3. The number of pyridine rings is 1. The van der Waals surface area contributed by atoms with Crippen molar-refractivity contribution < 1.29 is 19.2 Å². The van der Waals surface area contributed by atoms with Crippen LogP contribution < -0.4 is 5.46 Å². The maximum Gasteiger partial charge on any atom is 0.496 e. The van der Waals surface area contributed by atoms with E-state index in [1.807, 2.05) is 0 Å². The third-order valence-electron chi connectivity index (χ3n) is 2.94. The van der Waals surface area contributed by atoms with Crippen LogP contribution in [0.1, 0.15) is 27.7 Å². The first-order chi connectivity index (χ1) is 7.65. The molecule has 0 atom stereocenters. The van der Waals surface area contributed by atoms with Crippen LogP contribution in [0, 0.1) is 5.82 Å². The molecule has 0 fully saturated rings. The average molecular weight is 241 g/mol. The summed E-state index contributed by atoms with van der Waals surface area (Å²) >= 11 is 0. The molecule has 1 rings (SSSR count). The second-order valence-corrected chi connectivity index (χ2v) is 4.94. The van der Waals surface area contributed by atoms with E-state index in [9.17, 15) is 14.5 Å². The molecule has 0 aliphatic heterocycles. The van der Waals surface area contributed by atoms with Crippen molar-refractivity contribution in [1.82, 2.24) is 4.98 Å². The van der Waals surface area contributed by atoms with Crippen LogP contribution in [-0.2, 0) is 4.65 Å². The third-order valence-corrected chi connectivity index (χ3v) is 2.94. The number of hydrogen-bond acceptors (Lipinski definition) is 4. The molecule has 1 aromatic rings. The lowest BCUT2D eigenvalue weighted by Gasteiger charge is -2.38. The summed E-state index contributed by atoms with van der Waals surface area (Å²) in [4.78, 5) is 3.72. The van der Waals surface area contributed by atoms with E-state index in [1.54, 1.807) is 27.7 Å². The van der Waals surface area contributed by atoms with Gasteiger partial charge in [-0.15, -0.1) is 0 Å². The van der Waals surface area contributed by atoms with E-state index in [-0.39, 0.29) is 5.46 Å². The van der Waals surface area contributed by atoms with Crippen molar-refractivity contribution >= 4 is 12.6 Å². The summed E-state index contributed by atoms with van der Waals surface area (Å²) in [5.41, 5.74) is -2.26. The Hall–Kier alpha value is -0.975. The first-order valence-corrected chi connectivity index (χ1v) is 5.33. The Morgan fingerprint density at radius 3 is 2.41 bits per heavy atom. The number of aliphatic hydroxyl groups is 1. The predicted octanol–water partition coefficient (Wildman–Crippen LogP) is 0.474. The van der Waals surface area contributed by atoms with Crippen molar-refractivity contribution in [3.63, 3.8) is 0 Å². The molecule has 0 aliphatic rings. The highest BCUT2D eigenvalue weighted by atomic mass is 19.1. The van der Waals surface area contributed by atoms with Crippen LogP contribution in [0.15, 0.2) is 18.5 Å². The average Bonchev–Trinajstić information content (AvgIpc) is 2.15. The Labute approximate surface area is 101 Å². The van der Waals surface area contributed by atoms with Gasteiger partial charge in [-0.2, -0.15) is 0 Å². The summed E-state index contributed by atoms with van der Waals surface area (Å²) in [5, 5.41) is 19.7. The Bertz CT molecular complexity index is 393. The van der Waals surface area contributed by atoms with Gasteiger partial charge in [-0.05, 0) is 33.8 Å². The van der Waals surface area contributed by atoms with Gasteiger partial charge in [0, 0.05) is 17.9 Å².